The zero-order valence-corrected chi connectivity index (χ0v) is 14.8. The Balaban J connectivity index is 1.41. The Morgan fingerprint density at radius 2 is 2.15 bits per heavy atom. The minimum absolute atomic E-state index is 0.0608. The highest BCUT2D eigenvalue weighted by Crippen LogP contribution is 2.30. The van der Waals surface area contributed by atoms with Crippen LogP contribution in [0.2, 0.25) is 0 Å². The number of carbonyl (C=O) groups excluding carboxylic acids is 1. The minimum atomic E-state index is -0.196. The molecule has 4 heterocycles. The third-order valence-electron chi connectivity index (χ3n) is 4.79. The van der Waals surface area contributed by atoms with Crippen molar-refractivity contribution in [3.05, 3.63) is 30.2 Å². The van der Waals surface area contributed by atoms with E-state index >= 15 is 0 Å². The Morgan fingerprint density at radius 3 is 2.92 bits per heavy atom. The van der Waals surface area contributed by atoms with E-state index in [2.05, 4.69) is 15.0 Å². The van der Waals surface area contributed by atoms with Crippen LogP contribution in [0.25, 0.3) is 0 Å². The summed E-state index contributed by atoms with van der Waals surface area (Å²) in [6.45, 7) is 3.15. The molecule has 2 aromatic rings. The van der Waals surface area contributed by atoms with Crippen molar-refractivity contribution in [1.82, 2.24) is 15.0 Å². The summed E-state index contributed by atoms with van der Waals surface area (Å²) in [5.41, 5.74) is 0. The Hall–Kier alpha value is -2.77. The molecule has 0 spiro atoms. The number of rotatable bonds is 5. The summed E-state index contributed by atoms with van der Waals surface area (Å²) in [5, 5.41) is 3.68. The van der Waals surface area contributed by atoms with Crippen LogP contribution in [0.5, 0.6) is 11.6 Å². The van der Waals surface area contributed by atoms with Crippen molar-refractivity contribution in [2.45, 2.75) is 25.4 Å². The van der Waals surface area contributed by atoms with Crippen LogP contribution < -0.4 is 14.4 Å². The predicted molar refractivity (Wildman–Crippen MR) is 93.7 cm³/mol. The second kappa shape index (κ2) is 7.23. The number of hydrogen-bond donors (Lipinski definition) is 0. The van der Waals surface area contributed by atoms with E-state index in [1.807, 2.05) is 12.1 Å². The molecule has 2 aliphatic rings. The van der Waals surface area contributed by atoms with E-state index in [1.54, 1.807) is 11.1 Å². The van der Waals surface area contributed by atoms with Crippen LogP contribution >= 0.6 is 0 Å². The number of amides is 1. The third-order valence-corrected chi connectivity index (χ3v) is 4.79. The number of anilines is 1. The number of pyridine rings is 1. The second-order valence-electron chi connectivity index (χ2n) is 6.53. The van der Waals surface area contributed by atoms with Crippen molar-refractivity contribution in [1.29, 1.82) is 0 Å². The number of ether oxygens (including phenoxy) is 2. The van der Waals surface area contributed by atoms with Gasteiger partial charge in [0, 0.05) is 32.3 Å². The highest BCUT2D eigenvalue weighted by atomic mass is 16.5. The average Bonchev–Trinajstić information content (AvgIpc) is 3.42. The quantitative estimate of drug-likeness (QED) is 0.808. The number of methoxy groups -OCH3 is 1. The van der Waals surface area contributed by atoms with Crippen LogP contribution in [0.3, 0.4) is 0 Å². The fourth-order valence-corrected chi connectivity index (χ4v) is 3.44. The lowest BCUT2D eigenvalue weighted by molar-refractivity contribution is 0.0731. The predicted octanol–water partition coefficient (Wildman–Crippen LogP) is 1.97. The number of likely N-dealkylation sites (tertiary alicyclic amines) is 1. The second-order valence-corrected chi connectivity index (χ2v) is 6.53. The highest BCUT2D eigenvalue weighted by Gasteiger charge is 2.31. The lowest BCUT2D eigenvalue weighted by Crippen LogP contribution is -2.31. The molecule has 1 atom stereocenters. The first-order chi connectivity index (χ1) is 12.7. The van der Waals surface area contributed by atoms with Gasteiger partial charge in [0.1, 0.15) is 6.10 Å². The van der Waals surface area contributed by atoms with Crippen molar-refractivity contribution in [2.24, 2.45) is 0 Å². The summed E-state index contributed by atoms with van der Waals surface area (Å²) in [5.74, 6) is 1.97. The molecular formula is C18H22N4O4. The normalized spacial score (nSPS) is 19.8. The molecule has 2 aromatic heterocycles. The fraction of sp³-hybridized carbons (Fsp3) is 0.500. The molecule has 8 nitrogen and oxygen atoms in total. The van der Waals surface area contributed by atoms with Gasteiger partial charge in [0.05, 0.1) is 19.7 Å². The lowest BCUT2D eigenvalue weighted by atomic mass is 10.3. The molecule has 0 N–H and O–H groups in total. The summed E-state index contributed by atoms with van der Waals surface area (Å²) < 4.78 is 16.2. The Morgan fingerprint density at radius 1 is 1.31 bits per heavy atom. The number of hydrogen-bond acceptors (Lipinski definition) is 7. The molecule has 0 radical (unpaired) electrons. The molecule has 0 unspecified atom stereocenters. The molecule has 0 saturated carbocycles. The number of aromatic nitrogens is 2. The largest absolute Gasteiger partial charge is 0.485 e. The maximum absolute atomic E-state index is 12.5. The topological polar surface area (TPSA) is 80.9 Å². The van der Waals surface area contributed by atoms with Gasteiger partial charge in [0.25, 0.3) is 11.8 Å². The molecular weight excluding hydrogens is 336 g/mol. The smallest absolute Gasteiger partial charge is 0.292 e. The fourth-order valence-electron chi connectivity index (χ4n) is 3.44. The molecule has 4 rings (SSSR count). The monoisotopic (exact) mass is 358 g/mol. The lowest BCUT2D eigenvalue weighted by Gasteiger charge is -2.22. The maximum Gasteiger partial charge on any atom is 0.292 e. The number of nitrogens with zero attached hydrogens (tertiary/aromatic N) is 4. The van der Waals surface area contributed by atoms with Crippen molar-refractivity contribution in [3.63, 3.8) is 0 Å². The summed E-state index contributed by atoms with van der Waals surface area (Å²) >= 11 is 0. The van der Waals surface area contributed by atoms with E-state index in [-0.39, 0.29) is 17.8 Å². The molecule has 26 heavy (non-hydrogen) atoms. The molecule has 8 heteroatoms. The zero-order valence-electron chi connectivity index (χ0n) is 14.8. The average molecular weight is 358 g/mol. The van der Waals surface area contributed by atoms with Gasteiger partial charge in [0.15, 0.2) is 11.6 Å². The van der Waals surface area contributed by atoms with Gasteiger partial charge in [-0.15, -0.1) is 0 Å². The molecule has 1 amide bonds. The van der Waals surface area contributed by atoms with Crippen molar-refractivity contribution in [2.75, 3.05) is 38.2 Å². The van der Waals surface area contributed by atoms with E-state index in [0.29, 0.717) is 19.0 Å². The van der Waals surface area contributed by atoms with Gasteiger partial charge in [-0.05, 0) is 30.1 Å². The Labute approximate surface area is 151 Å². The zero-order chi connectivity index (χ0) is 17.9. The van der Waals surface area contributed by atoms with E-state index < -0.39 is 0 Å². The van der Waals surface area contributed by atoms with Crippen LogP contribution in [0.15, 0.2) is 28.9 Å². The molecule has 2 fully saturated rings. The first-order valence-corrected chi connectivity index (χ1v) is 8.91. The van der Waals surface area contributed by atoms with Gasteiger partial charge in [-0.1, -0.05) is 0 Å². The van der Waals surface area contributed by atoms with Gasteiger partial charge >= 0.3 is 0 Å². The van der Waals surface area contributed by atoms with Crippen LogP contribution in [0.4, 0.5) is 5.82 Å². The van der Waals surface area contributed by atoms with Crippen LogP contribution in [-0.2, 0) is 0 Å². The molecule has 2 saturated heterocycles. The van der Waals surface area contributed by atoms with E-state index in [9.17, 15) is 4.79 Å². The molecule has 2 aliphatic heterocycles. The standard InChI is InChI=1S/C18H22N4O4/c1-24-16-11-15(26-20-16)18(23)22-10-6-13(12-22)25-14-5-4-7-19-17(14)21-8-2-3-9-21/h4-5,7,11,13H,2-3,6,8-10,12H2,1H3/t13-/m1/s1. The van der Waals surface area contributed by atoms with Gasteiger partial charge < -0.3 is 23.8 Å². The van der Waals surface area contributed by atoms with Crippen molar-refractivity contribution >= 4 is 11.7 Å². The van der Waals surface area contributed by atoms with Crippen LogP contribution in [0, 0.1) is 0 Å². The highest BCUT2D eigenvalue weighted by molar-refractivity contribution is 5.91. The van der Waals surface area contributed by atoms with Gasteiger partial charge in [-0.2, -0.15) is 0 Å². The Bertz CT molecular complexity index is 772. The molecule has 0 bridgehead atoms. The first-order valence-electron chi connectivity index (χ1n) is 8.91. The SMILES string of the molecule is COc1cc(C(=O)N2CC[C@@H](Oc3cccnc3N3CCCC3)C2)on1. The van der Waals surface area contributed by atoms with Crippen LogP contribution in [0.1, 0.15) is 29.8 Å². The van der Waals surface area contributed by atoms with Gasteiger partial charge in [-0.3, -0.25) is 4.79 Å². The van der Waals surface area contributed by atoms with E-state index in [4.69, 9.17) is 14.0 Å². The molecule has 0 aliphatic carbocycles. The molecule has 0 aromatic carbocycles. The van der Waals surface area contributed by atoms with E-state index in [0.717, 1.165) is 31.1 Å². The summed E-state index contributed by atoms with van der Waals surface area (Å²) in [6, 6.07) is 5.34. The Kier molecular flexibility index (Phi) is 4.64. The van der Waals surface area contributed by atoms with Crippen molar-refractivity contribution in [3.8, 4) is 11.6 Å². The summed E-state index contributed by atoms with van der Waals surface area (Å²) in [7, 11) is 1.48. The van der Waals surface area contributed by atoms with Crippen LogP contribution in [-0.4, -0.2) is 60.3 Å². The van der Waals surface area contributed by atoms with Crippen molar-refractivity contribution < 1.29 is 18.8 Å². The van der Waals surface area contributed by atoms with Gasteiger partial charge in [0.2, 0.25) is 5.76 Å². The third kappa shape index (κ3) is 3.31. The number of carbonyl (C=O) groups is 1. The summed E-state index contributed by atoms with van der Waals surface area (Å²) in [4.78, 5) is 21.0. The van der Waals surface area contributed by atoms with E-state index in [1.165, 1.54) is 26.0 Å². The maximum atomic E-state index is 12.5. The minimum Gasteiger partial charge on any atom is -0.485 e. The van der Waals surface area contributed by atoms with Gasteiger partial charge in [-0.25, -0.2) is 4.98 Å². The first kappa shape index (κ1) is 16.7. The summed E-state index contributed by atoms with van der Waals surface area (Å²) in [6.07, 6.45) is 4.87. The molecule has 138 valence electrons.